The van der Waals surface area contributed by atoms with Crippen molar-refractivity contribution < 1.29 is 188 Å². The van der Waals surface area contributed by atoms with Gasteiger partial charge in [0.15, 0.2) is 31.5 Å². The zero-order valence-corrected chi connectivity index (χ0v) is 42.2. The number of aliphatic hydroxyl groups excluding tert-OH is 17. The Labute approximate surface area is 434 Å². The normalized spacial score (nSPS) is 51.4. The molecule has 6 heterocycles. The van der Waals surface area contributed by atoms with E-state index in [-0.39, 0.29) is 50.7 Å². The fourth-order valence-electron chi connectivity index (χ4n) is 8.74. The van der Waals surface area contributed by atoms with Gasteiger partial charge in [-0.1, -0.05) is 12.1 Å². The van der Waals surface area contributed by atoms with Crippen LogP contribution in [0.25, 0.3) is 5.73 Å². The molecule has 0 amide bonds. The van der Waals surface area contributed by atoms with Gasteiger partial charge in [-0.15, -0.1) is 6.58 Å². The van der Waals surface area contributed by atoms with Crippen LogP contribution < -0.4 is 0 Å². The molecule has 6 aliphatic rings. The minimum absolute atomic E-state index is 0. The van der Waals surface area contributed by atoms with Crippen molar-refractivity contribution in [2.24, 2.45) is 0 Å². The van der Waals surface area contributed by atoms with E-state index in [1.54, 1.807) is 0 Å². The molecule has 0 aliphatic carbocycles. The van der Waals surface area contributed by atoms with Crippen LogP contribution in [0.2, 0.25) is 0 Å². The van der Waals surface area contributed by atoms with Gasteiger partial charge in [0.25, 0.3) is 0 Å². The van der Waals surface area contributed by atoms with E-state index in [1.807, 2.05) is 0 Å². The van der Waals surface area contributed by atoms with Gasteiger partial charge < -0.3 is 149 Å². The molecule has 1 radical (unpaired) electrons. The van der Waals surface area contributed by atoms with Crippen molar-refractivity contribution in [3.05, 3.63) is 18.4 Å². The first-order valence-electron chi connectivity index (χ1n) is 22.1. The first-order valence-corrected chi connectivity index (χ1v) is 22.1. The molecule has 405 valence electrons. The van der Waals surface area contributed by atoms with Crippen LogP contribution in [-0.2, 0) is 56.8 Å². The molecule has 0 aromatic carbocycles. The van der Waals surface area contributed by atoms with E-state index in [4.69, 9.17) is 62.6 Å². The molecular weight excluding hydrogens is 1170 g/mol. The molecule has 6 aliphatic heterocycles. The summed E-state index contributed by atoms with van der Waals surface area (Å²) in [7, 11) is 0. The summed E-state index contributed by atoms with van der Waals surface area (Å²) < 4.78 is 67.7. The van der Waals surface area contributed by atoms with E-state index >= 15 is 0 Å². The summed E-state index contributed by atoms with van der Waals surface area (Å²) >= 11 is 0. The van der Waals surface area contributed by atoms with E-state index in [0.717, 1.165) is 0 Å². The molecule has 19 unspecified atom stereocenters. The number of rotatable bonds is 18. The van der Waals surface area contributed by atoms with Crippen LogP contribution in [0, 0.1) is 44.1 Å². The van der Waals surface area contributed by atoms with Crippen molar-refractivity contribution in [1.29, 1.82) is 0 Å². The third-order valence-electron chi connectivity index (χ3n) is 12.8. The molecule has 6 saturated heterocycles. The second-order valence-corrected chi connectivity index (χ2v) is 17.4. The Morgan fingerprint density at radius 3 is 1.30 bits per heavy atom. The van der Waals surface area contributed by atoms with Gasteiger partial charge in [-0.3, -0.25) is 0 Å². The molecule has 0 bridgehead atoms. The van der Waals surface area contributed by atoms with Gasteiger partial charge in [-0.05, 0) is 6.92 Å². The predicted octanol–water partition coefficient (Wildman–Crippen LogP) is -10.8. The van der Waals surface area contributed by atoms with Crippen LogP contribution in [-0.4, -0.2) is 311 Å². The molecule has 30 atom stereocenters. The summed E-state index contributed by atoms with van der Waals surface area (Å²) in [6.07, 6.45) is -51.2. The molecule has 31 heteroatoms. The minimum Gasteiger partial charge on any atom is -0.668 e. The van der Waals surface area contributed by atoms with Crippen LogP contribution in [0.5, 0.6) is 0 Å². The van der Waals surface area contributed by atoms with Crippen molar-refractivity contribution >= 4 is 0 Å². The molecular formula is C39H66AcNO29-. The van der Waals surface area contributed by atoms with Crippen LogP contribution in [0.1, 0.15) is 6.92 Å². The summed E-state index contributed by atoms with van der Waals surface area (Å²) in [5.41, 5.74) is 9.06. The van der Waals surface area contributed by atoms with Crippen molar-refractivity contribution in [2.45, 2.75) is 191 Å². The fourth-order valence-corrected chi connectivity index (χ4v) is 8.74. The summed E-state index contributed by atoms with van der Waals surface area (Å²) in [6.45, 7) is 0.0177. The molecule has 70 heavy (non-hydrogen) atoms. The third-order valence-corrected chi connectivity index (χ3v) is 12.8. The van der Waals surface area contributed by atoms with Gasteiger partial charge in [0, 0.05) is 44.1 Å². The van der Waals surface area contributed by atoms with E-state index in [9.17, 15) is 86.8 Å². The van der Waals surface area contributed by atoms with Gasteiger partial charge in [0.2, 0.25) is 0 Å². The molecule has 18 N–H and O–H groups in total. The van der Waals surface area contributed by atoms with Crippen molar-refractivity contribution in [2.75, 3.05) is 39.6 Å². The first-order chi connectivity index (χ1) is 32.8. The first kappa shape index (κ1) is 60.8. The van der Waals surface area contributed by atoms with Crippen LogP contribution in [0.3, 0.4) is 0 Å². The molecule has 0 aromatic heterocycles. The van der Waals surface area contributed by atoms with Crippen molar-refractivity contribution in [3.63, 3.8) is 0 Å². The number of hydrogen-bond acceptors (Lipinski definition) is 29. The van der Waals surface area contributed by atoms with Gasteiger partial charge >= 0.3 is 0 Å². The second-order valence-electron chi connectivity index (χ2n) is 17.4. The zero-order valence-electron chi connectivity index (χ0n) is 37.4. The fraction of sp³-hybridized carbons (Fsp3) is 0.949. The van der Waals surface area contributed by atoms with E-state index in [0.29, 0.717) is 0 Å². The predicted molar refractivity (Wildman–Crippen MR) is 214 cm³/mol. The smallest absolute Gasteiger partial charge is 0.187 e. The van der Waals surface area contributed by atoms with Gasteiger partial charge in [-0.2, -0.15) is 0 Å². The van der Waals surface area contributed by atoms with Gasteiger partial charge in [0.1, 0.15) is 134 Å². The maximum Gasteiger partial charge on any atom is 0.187 e. The molecule has 6 rings (SSSR count). The van der Waals surface area contributed by atoms with Crippen LogP contribution >= 0.6 is 0 Å². The monoisotopic (exact) mass is 1240 g/mol. The van der Waals surface area contributed by atoms with Gasteiger partial charge in [0.05, 0.1) is 51.8 Å². The van der Waals surface area contributed by atoms with Crippen LogP contribution in [0.4, 0.5) is 0 Å². The van der Waals surface area contributed by atoms with E-state index < -0.39 is 217 Å². The largest absolute Gasteiger partial charge is 0.668 e. The number of ether oxygens (including phenoxy) is 12. The Balaban J connectivity index is 0.00000913. The average Bonchev–Trinajstić information content (AvgIpc) is 3.34. The second kappa shape index (κ2) is 26.8. The Bertz CT molecular complexity index is 1580. The number of nitrogens with one attached hydrogen (secondary N) is 1. The molecule has 0 aromatic rings. The standard InChI is InChI=1S/C39H66NO29.Ac/c1-3-4-58-35-26(55)23(52)29(14(8-44)63-35)65-37-27(56)24(53)30(15(9-45)64-37)66-38-28(57)32(20(49)13(7-43)61-38)68-34-16(40)31(19(48)12(6-42)60-34)67-39-33(22(51)18(47)11(5-41)62-39)69-36-25(54)21(50)17(46)10(2)59-36;/h3,10-57H,1,4-9H2,2H3;/q-1;/t10?,11?,12?,13?,14?,15?,16?,17-,18-,19-,20-,21?,22?,23?,24?,25?,26?,27?,28?,29-,30-,31?,32?,33?,34?,35+,36-,37-,38-,39-;/m0./s1. The molecule has 0 spiro atoms. The summed E-state index contributed by atoms with van der Waals surface area (Å²) in [4.78, 5) is 0. The number of aliphatic hydroxyl groups is 17. The maximum absolute atomic E-state index is 11.6. The third kappa shape index (κ3) is 12.9. The van der Waals surface area contributed by atoms with Crippen LogP contribution in [0.15, 0.2) is 12.7 Å². The molecule has 0 saturated carbocycles. The Morgan fingerprint density at radius 1 is 0.386 bits per heavy atom. The summed E-state index contributed by atoms with van der Waals surface area (Å²) in [5.74, 6) is 0. The minimum atomic E-state index is -2.17. The average molecular weight is 1240 g/mol. The van der Waals surface area contributed by atoms with E-state index in [1.165, 1.54) is 13.0 Å². The van der Waals surface area contributed by atoms with Crippen molar-refractivity contribution in [3.8, 4) is 0 Å². The SMILES string of the molecule is C=CCO[C@@H]1OC(CO)[C@H](O[C@@H]2OC(CO)[C@H](O[C@@H]3OC(CO)[C@H](O)C(OC4OC(CO)[C@H](O)C(O[C@@H]5OC(CO)[C@H](O)C(O)C5O[C@@H]5OC(C)[C@H](O)C(O)C5O)C4[NH-])C3O)C(O)C2O)C(O)C1O.[Ac]. The van der Waals surface area contributed by atoms with Gasteiger partial charge in [-0.25, -0.2) is 0 Å². The zero-order chi connectivity index (χ0) is 50.8. The molecule has 6 fully saturated rings. The quantitative estimate of drug-likeness (QED) is 0.0567. The summed E-state index contributed by atoms with van der Waals surface area (Å²) in [5, 5.41) is 181. The maximum atomic E-state index is 11.6. The number of hydrogen-bond donors (Lipinski definition) is 17. The Morgan fingerprint density at radius 2 is 0.757 bits per heavy atom. The van der Waals surface area contributed by atoms with E-state index in [2.05, 4.69) is 6.58 Å². The van der Waals surface area contributed by atoms with Crippen molar-refractivity contribution in [1.82, 2.24) is 0 Å². The topological polar surface area (TPSA) is 478 Å². The molecule has 30 nitrogen and oxygen atoms in total. The Kier molecular flexibility index (Phi) is 23.3. The Hall–Kier alpha value is -0.0184. The summed E-state index contributed by atoms with van der Waals surface area (Å²) in [6, 6.07) is -1.98.